The van der Waals surface area contributed by atoms with Gasteiger partial charge < -0.3 is 4.74 Å². The first-order chi connectivity index (χ1) is 16.5. The number of ether oxygens (including phenoxy) is 1. The van der Waals surface area contributed by atoms with Gasteiger partial charge in [-0.15, -0.1) is 0 Å². The van der Waals surface area contributed by atoms with E-state index in [0.29, 0.717) is 33.5 Å². The Morgan fingerprint density at radius 3 is 1.68 bits per heavy atom. The van der Waals surface area contributed by atoms with E-state index in [-0.39, 0.29) is 30.2 Å². The summed E-state index contributed by atoms with van der Waals surface area (Å²) in [6, 6.07) is 26.6. The van der Waals surface area contributed by atoms with Crippen molar-refractivity contribution in [1.29, 1.82) is 0 Å². The summed E-state index contributed by atoms with van der Waals surface area (Å²) in [5.41, 5.74) is 3.25. The summed E-state index contributed by atoms with van der Waals surface area (Å²) in [4.78, 5) is 42.0. The van der Waals surface area contributed by atoms with Crippen LogP contribution in [0.3, 0.4) is 0 Å². The number of aromatic amines is 1. The van der Waals surface area contributed by atoms with Crippen LogP contribution in [0.25, 0.3) is 0 Å². The van der Waals surface area contributed by atoms with E-state index in [0.717, 1.165) is 0 Å². The summed E-state index contributed by atoms with van der Waals surface area (Å²) in [5.74, 6) is -0.475. The van der Waals surface area contributed by atoms with Gasteiger partial charge in [-0.3, -0.25) is 9.59 Å². The molecule has 0 saturated heterocycles. The quantitative estimate of drug-likeness (QED) is 0.283. The van der Waals surface area contributed by atoms with Gasteiger partial charge in [0.1, 0.15) is 0 Å². The molecule has 4 aromatic rings. The number of Topliss-reactive ketones (excluding diaryl/α,β-unsaturated/α-hetero) is 2. The van der Waals surface area contributed by atoms with Crippen LogP contribution in [0.15, 0.2) is 97.2 Å². The maximum atomic E-state index is 13.1. The van der Waals surface area contributed by atoms with Crippen LogP contribution in [0.5, 0.6) is 5.75 Å². The van der Waals surface area contributed by atoms with Gasteiger partial charge in [0.25, 0.3) is 0 Å². The van der Waals surface area contributed by atoms with Crippen LogP contribution in [0, 0.1) is 6.92 Å². The van der Waals surface area contributed by atoms with Crippen LogP contribution >= 0.6 is 0 Å². The Labute approximate surface area is 198 Å². The molecule has 0 amide bonds. The zero-order valence-corrected chi connectivity index (χ0v) is 18.8. The molecule has 0 saturated carbocycles. The molecule has 0 fully saturated rings. The number of pyridine rings is 1. The van der Waals surface area contributed by atoms with E-state index >= 15 is 0 Å². The van der Waals surface area contributed by atoms with E-state index < -0.39 is 5.97 Å². The van der Waals surface area contributed by atoms with Gasteiger partial charge in [-0.1, -0.05) is 78.9 Å². The van der Waals surface area contributed by atoms with E-state index in [9.17, 15) is 14.4 Å². The molecule has 0 radical (unpaired) electrons. The molecule has 5 nitrogen and oxygen atoms in total. The molecule has 5 heteroatoms. The van der Waals surface area contributed by atoms with Crippen LogP contribution in [0.2, 0.25) is 0 Å². The van der Waals surface area contributed by atoms with Crippen molar-refractivity contribution in [3.05, 3.63) is 131 Å². The highest BCUT2D eigenvalue weighted by molar-refractivity contribution is 6.00. The maximum absolute atomic E-state index is 13.1. The van der Waals surface area contributed by atoms with E-state index in [4.69, 9.17) is 4.74 Å². The number of ketones is 2. The zero-order valence-electron chi connectivity index (χ0n) is 18.8. The molecule has 0 atom stereocenters. The normalized spacial score (nSPS) is 10.5. The van der Waals surface area contributed by atoms with Crippen molar-refractivity contribution >= 4 is 17.5 Å². The van der Waals surface area contributed by atoms with Gasteiger partial charge >= 0.3 is 5.97 Å². The Morgan fingerprint density at radius 1 is 0.676 bits per heavy atom. The molecule has 0 bridgehead atoms. The molecule has 3 aromatic carbocycles. The third kappa shape index (κ3) is 5.33. The summed E-state index contributed by atoms with van der Waals surface area (Å²) >= 11 is 0. The lowest BCUT2D eigenvalue weighted by Crippen LogP contribution is -2.21. The second-order valence-corrected chi connectivity index (χ2v) is 7.93. The first kappa shape index (κ1) is 22.8. The minimum absolute atomic E-state index is 0.00562. The van der Waals surface area contributed by atoms with E-state index in [2.05, 4.69) is 4.98 Å². The Hall–Kier alpha value is -4.38. The van der Waals surface area contributed by atoms with E-state index in [1.165, 1.54) is 0 Å². The fourth-order valence-electron chi connectivity index (χ4n) is 3.72. The van der Waals surface area contributed by atoms with Crippen molar-refractivity contribution in [3.8, 4) is 5.75 Å². The number of hydrogen-bond acceptors (Lipinski definition) is 4. The minimum Gasteiger partial charge on any atom is -0.416 e. The number of esters is 1. The van der Waals surface area contributed by atoms with Crippen LogP contribution in [0.4, 0.5) is 0 Å². The monoisotopic (exact) mass is 450 g/mol. The molecule has 1 heterocycles. The zero-order chi connectivity index (χ0) is 23.9. The van der Waals surface area contributed by atoms with Crippen LogP contribution in [0.1, 0.15) is 47.9 Å². The predicted octanol–water partition coefficient (Wildman–Crippen LogP) is 4.88. The summed E-state index contributed by atoms with van der Waals surface area (Å²) in [6.45, 7) is 1.77. The standard InChI is InChI=1S/C29H23NO4/c1-20-28(34-29(33)23-15-9-4-10-16-23)25(18-27(32)22-13-7-3-8-14-22)24(19-30-20)17-26(31)21-11-5-2-6-12-21/h2-16,19H,17-18H2,1H3/p+1. The summed E-state index contributed by atoms with van der Waals surface area (Å²) in [5, 5.41) is 0. The number of carbonyl (C=O) groups excluding carboxylic acids is 3. The number of aryl methyl sites for hydroxylation is 1. The lowest BCUT2D eigenvalue weighted by Gasteiger charge is -2.13. The highest BCUT2D eigenvalue weighted by Crippen LogP contribution is 2.27. The van der Waals surface area contributed by atoms with Crippen LogP contribution < -0.4 is 9.72 Å². The number of rotatable bonds is 8. The van der Waals surface area contributed by atoms with Gasteiger partial charge in [-0.25, -0.2) is 9.78 Å². The molecule has 0 aliphatic carbocycles. The van der Waals surface area contributed by atoms with E-state index in [1.807, 2.05) is 18.2 Å². The Bertz CT molecular complexity index is 1320. The number of H-pyrrole nitrogens is 1. The largest absolute Gasteiger partial charge is 0.416 e. The van der Waals surface area contributed by atoms with Gasteiger partial charge in [-0.05, 0) is 12.1 Å². The minimum atomic E-state index is -0.531. The molecule has 4 rings (SSSR count). The summed E-state index contributed by atoms with van der Waals surface area (Å²) < 4.78 is 5.79. The van der Waals surface area contributed by atoms with Crippen LogP contribution in [-0.2, 0) is 12.8 Å². The molecular weight excluding hydrogens is 426 g/mol. The molecular formula is C29H24NO4+. The Kier molecular flexibility index (Phi) is 7.04. The number of nitrogens with one attached hydrogen (secondary N) is 1. The summed E-state index contributed by atoms with van der Waals surface area (Å²) in [7, 11) is 0. The van der Waals surface area contributed by atoms with E-state index in [1.54, 1.807) is 85.9 Å². The fourth-order valence-corrected chi connectivity index (χ4v) is 3.72. The number of carbonyl (C=O) groups is 3. The molecule has 168 valence electrons. The highest BCUT2D eigenvalue weighted by atomic mass is 16.5. The molecule has 0 aliphatic rings. The Balaban J connectivity index is 1.72. The number of benzene rings is 3. The highest BCUT2D eigenvalue weighted by Gasteiger charge is 2.25. The average molecular weight is 451 g/mol. The first-order valence-corrected chi connectivity index (χ1v) is 11.0. The molecule has 0 aliphatic heterocycles. The van der Waals surface area contributed by atoms with Crippen LogP contribution in [-0.4, -0.2) is 17.5 Å². The van der Waals surface area contributed by atoms with Gasteiger partial charge in [0, 0.05) is 42.0 Å². The summed E-state index contributed by atoms with van der Waals surface area (Å²) in [6.07, 6.45) is 1.77. The molecule has 1 N–H and O–H groups in total. The molecule has 1 aromatic heterocycles. The van der Waals surface area contributed by atoms with Gasteiger partial charge in [0.15, 0.2) is 17.8 Å². The third-order valence-corrected chi connectivity index (χ3v) is 5.55. The third-order valence-electron chi connectivity index (χ3n) is 5.55. The number of aromatic nitrogens is 1. The fraction of sp³-hybridized carbons (Fsp3) is 0.103. The van der Waals surface area contributed by atoms with Crippen molar-refractivity contribution in [2.75, 3.05) is 0 Å². The molecule has 0 unspecified atom stereocenters. The second kappa shape index (κ2) is 10.5. The lowest BCUT2D eigenvalue weighted by atomic mass is 9.94. The average Bonchev–Trinajstić information content (AvgIpc) is 2.89. The SMILES string of the molecule is Cc1[nH+]cc(CC(=O)c2ccccc2)c(CC(=O)c2ccccc2)c1OC(=O)c1ccccc1. The van der Waals surface area contributed by atoms with Gasteiger partial charge in [0.2, 0.25) is 11.4 Å². The molecule has 0 spiro atoms. The second-order valence-electron chi connectivity index (χ2n) is 7.93. The van der Waals surface area contributed by atoms with Crippen molar-refractivity contribution in [1.82, 2.24) is 0 Å². The van der Waals surface area contributed by atoms with Crippen molar-refractivity contribution < 1.29 is 24.1 Å². The Morgan fingerprint density at radius 2 is 1.15 bits per heavy atom. The first-order valence-electron chi connectivity index (χ1n) is 11.0. The smallest absolute Gasteiger partial charge is 0.343 e. The topological polar surface area (TPSA) is 74.6 Å². The lowest BCUT2D eigenvalue weighted by molar-refractivity contribution is -0.389. The molecule has 34 heavy (non-hydrogen) atoms. The maximum Gasteiger partial charge on any atom is 0.343 e. The van der Waals surface area contributed by atoms with Gasteiger partial charge in [-0.2, -0.15) is 0 Å². The number of hydrogen-bond donors (Lipinski definition) is 0. The van der Waals surface area contributed by atoms with Crippen molar-refractivity contribution in [2.24, 2.45) is 0 Å². The van der Waals surface area contributed by atoms with Crippen molar-refractivity contribution in [3.63, 3.8) is 0 Å². The van der Waals surface area contributed by atoms with Gasteiger partial charge in [0.05, 0.1) is 5.56 Å². The van der Waals surface area contributed by atoms with Crippen molar-refractivity contribution in [2.45, 2.75) is 19.8 Å². The predicted molar refractivity (Wildman–Crippen MR) is 128 cm³/mol.